The van der Waals surface area contributed by atoms with Crippen molar-refractivity contribution in [1.82, 2.24) is 0 Å². The lowest BCUT2D eigenvalue weighted by atomic mass is 9.74. The van der Waals surface area contributed by atoms with E-state index in [0.717, 1.165) is 17.1 Å². The predicted octanol–water partition coefficient (Wildman–Crippen LogP) is 1.31. The van der Waals surface area contributed by atoms with Gasteiger partial charge in [-0.3, -0.25) is 0 Å². The molecule has 0 aromatic heterocycles. The van der Waals surface area contributed by atoms with Gasteiger partial charge in [0.1, 0.15) is 11.8 Å². The molecule has 0 spiro atoms. The van der Waals surface area contributed by atoms with Crippen LogP contribution < -0.4 is 4.90 Å². The van der Waals surface area contributed by atoms with E-state index in [0.29, 0.717) is 13.1 Å². The van der Waals surface area contributed by atoms with Gasteiger partial charge in [0.25, 0.3) is 0 Å². The maximum Gasteiger partial charge on any atom is 0.455 e. The van der Waals surface area contributed by atoms with Crippen LogP contribution in [-0.2, 0) is 4.74 Å². The lowest BCUT2D eigenvalue weighted by molar-refractivity contribution is -0.908. The van der Waals surface area contributed by atoms with Gasteiger partial charge < -0.3 is 19.8 Å². The summed E-state index contributed by atoms with van der Waals surface area (Å²) in [6, 6.07) is -0.519. The quantitative estimate of drug-likeness (QED) is 0.514. The average molecular weight is 376 g/mol. The summed E-state index contributed by atoms with van der Waals surface area (Å²) in [6.07, 6.45) is -9.42. The fourth-order valence-electron chi connectivity index (χ4n) is 3.27. The summed E-state index contributed by atoms with van der Waals surface area (Å²) in [6.45, 7) is 4.79. The number of nitrogens with one attached hydrogen (secondary N) is 1. The van der Waals surface area contributed by atoms with Gasteiger partial charge in [0.05, 0.1) is 25.4 Å². The zero-order chi connectivity index (χ0) is 19.3. The van der Waals surface area contributed by atoms with Crippen LogP contribution >= 0.6 is 0 Å². The van der Waals surface area contributed by atoms with E-state index in [1.54, 1.807) is 0 Å². The van der Waals surface area contributed by atoms with Crippen molar-refractivity contribution < 1.29 is 46.2 Å². The van der Waals surface area contributed by atoms with Gasteiger partial charge in [-0.25, -0.2) is 0 Å². The van der Waals surface area contributed by atoms with Gasteiger partial charge in [-0.15, -0.1) is 0 Å². The van der Waals surface area contributed by atoms with Crippen LogP contribution in [0, 0.1) is 5.92 Å². The Balaban J connectivity index is 2.52. The van der Waals surface area contributed by atoms with Crippen molar-refractivity contribution in [2.45, 2.75) is 50.1 Å². The molecule has 2 aliphatic rings. The van der Waals surface area contributed by atoms with Gasteiger partial charge in [0.2, 0.25) is 0 Å². The zero-order valence-electron chi connectivity index (χ0n) is 13.6. The van der Waals surface area contributed by atoms with Crippen LogP contribution in [0.25, 0.3) is 0 Å². The number of rotatable bonds is 3. The van der Waals surface area contributed by atoms with Gasteiger partial charge in [0, 0.05) is 6.08 Å². The third kappa shape index (κ3) is 3.26. The van der Waals surface area contributed by atoms with E-state index in [1.807, 2.05) is 13.8 Å². The Hall–Kier alpha value is -1.26. The van der Waals surface area contributed by atoms with E-state index in [-0.39, 0.29) is 0 Å². The summed E-state index contributed by atoms with van der Waals surface area (Å²) in [5, 5.41) is 19.8. The van der Waals surface area contributed by atoms with E-state index < -0.39 is 47.9 Å². The van der Waals surface area contributed by atoms with Gasteiger partial charge in [0.15, 0.2) is 5.60 Å². The van der Waals surface area contributed by atoms with Crippen LogP contribution in [0.3, 0.4) is 0 Å². The summed E-state index contributed by atoms with van der Waals surface area (Å²) in [5.41, 5.74) is -3.79. The first kappa shape index (κ1) is 20.1. The molecule has 0 amide bonds. The van der Waals surface area contributed by atoms with Crippen molar-refractivity contribution >= 4 is 0 Å². The van der Waals surface area contributed by atoms with Gasteiger partial charge >= 0.3 is 18.1 Å². The third-order valence-electron chi connectivity index (χ3n) is 4.79. The van der Waals surface area contributed by atoms with Crippen molar-refractivity contribution in [1.29, 1.82) is 0 Å². The summed E-state index contributed by atoms with van der Waals surface area (Å²) in [7, 11) is 0. The normalized spacial score (nSPS) is 36.0. The monoisotopic (exact) mass is 376 g/mol. The molecule has 0 saturated carbocycles. The molecular weight excluding hydrogens is 356 g/mol. The van der Waals surface area contributed by atoms with Crippen molar-refractivity contribution in [3.05, 3.63) is 24.0 Å². The van der Waals surface area contributed by atoms with E-state index in [1.165, 1.54) is 6.08 Å². The molecule has 3 N–H and O–H groups in total. The molecular formula is C15H20F6NO3+. The Labute approximate surface area is 140 Å². The number of fused-ring (bicyclic) bond motifs is 1. The fraction of sp³-hybridized carbons (Fsp3) is 0.733. The second kappa shape index (κ2) is 6.17. The molecule has 4 atom stereocenters. The summed E-state index contributed by atoms with van der Waals surface area (Å²) >= 11 is 0. The van der Waals surface area contributed by atoms with Crippen LogP contribution in [-0.4, -0.2) is 53.1 Å². The standard InChI is InChI=1S/C15H19F6NO3/c1-3-22(4-2)9-5-6-10-11(7-9)25-13(24,15(19,20)21)8-12(10,23)14(16,17)18/h5-7,9-10,23-24H,3-4,8H2,1-2H3/p+1/t9?,10-,12-,13+/m0/s1. The molecule has 1 fully saturated rings. The Kier molecular flexibility index (Phi) is 4.95. The number of likely N-dealkylation sites (N-methyl/N-ethyl adjacent to an activating group) is 1. The lowest BCUT2D eigenvalue weighted by Crippen LogP contribution is -3.14. The SMILES string of the molecule is CC[NH+](CC)C1C=C[C@H]2C(=C1)O[C@@](O)(C(F)(F)F)C[C@@]2(O)C(F)(F)F. The number of halogens is 6. The molecule has 0 radical (unpaired) electrons. The molecule has 2 rings (SSSR count). The van der Waals surface area contributed by atoms with Crippen molar-refractivity contribution in [3.8, 4) is 0 Å². The first-order chi connectivity index (χ1) is 11.3. The largest absolute Gasteiger partial charge is 0.457 e. The first-order valence-electron chi connectivity index (χ1n) is 7.81. The highest BCUT2D eigenvalue weighted by molar-refractivity contribution is 5.28. The highest BCUT2D eigenvalue weighted by atomic mass is 19.4. The average Bonchev–Trinajstić information content (AvgIpc) is 2.45. The minimum Gasteiger partial charge on any atom is -0.457 e. The topological polar surface area (TPSA) is 54.1 Å². The van der Waals surface area contributed by atoms with Crippen molar-refractivity contribution in [2.75, 3.05) is 13.1 Å². The molecule has 1 aliphatic heterocycles. The summed E-state index contributed by atoms with van der Waals surface area (Å²) in [5.74, 6) is -6.69. The number of alkyl halides is 6. The highest BCUT2D eigenvalue weighted by Gasteiger charge is 2.72. The second-order valence-electron chi connectivity index (χ2n) is 6.31. The Morgan fingerprint density at radius 2 is 1.64 bits per heavy atom. The number of ether oxygens (including phenoxy) is 1. The molecule has 4 nitrogen and oxygen atoms in total. The number of aliphatic hydroxyl groups is 2. The molecule has 10 heteroatoms. The highest BCUT2D eigenvalue weighted by Crippen LogP contribution is 2.54. The molecule has 0 aromatic rings. The second-order valence-corrected chi connectivity index (χ2v) is 6.31. The number of quaternary nitrogens is 1. The molecule has 25 heavy (non-hydrogen) atoms. The zero-order valence-corrected chi connectivity index (χ0v) is 13.6. The predicted molar refractivity (Wildman–Crippen MR) is 74.3 cm³/mol. The smallest absolute Gasteiger partial charge is 0.455 e. The van der Waals surface area contributed by atoms with Gasteiger partial charge in [-0.2, -0.15) is 26.3 Å². The van der Waals surface area contributed by atoms with E-state index in [9.17, 15) is 36.6 Å². The molecule has 1 saturated heterocycles. The lowest BCUT2D eigenvalue weighted by Gasteiger charge is -2.49. The summed E-state index contributed by atoms with van der Waals surface area (Å²) in [4.78, 5) is 0.877. The molecule has 1 aliphatic carbocycles. The first-order valence-corrected chi connectivity index (χ1v) is 7.81. The van der Waals surface area contributed by atoms with E-state index in [4.69, 9.17) is 0 Å². The number of hydrogen-bond acceptors (Lipinski definition) is 3. The van der Waals surface area contributed by atoms with Crippen LogP contribution in [0.5, 0.6) is 0 Å². The Morgan fingerprint density at radius 3 is 2.08 bits per heavy atom. The maximum atomic E-state index is 13.4. The maximum absolute atomic E-state index is 13.4. The fourth-order valence-corrected chi connectivity index (χ4v) is 3.27. The summed E-state index contributed by atoms with van der Waals surface area (Å²) < 4.78 is 84.0. The molecule has 1 unspecified atom stereocenters. The van der Waals surface area contributed by atoms with Crippen molar-refractivity contribution in [3.63, 3.8) is 0 Å². The van der Waals surface area contributed by atoms with Crippen molar-refractivity contribution in [2.24, 2.45) is 5.92 Å². The Morgan fingerprint density at radius 1 is 1.08 bits per heavy atom. The third-order valence-corrected chi connectivity index (χ3v) is 4.79. The Bertz CT molecular complexity index is 569. The van der Waals surface area contributed by atoms with Crippen LogP contribution in [0.1, 0.15) is 20.3 Å². The molecule has 1 heterocycles. The van der Waals surface area contributed by atoms with Gasteiger partial charge in [-0.05, 0) is 19.9 Å². The minimum atomic E-state index is -5.50. The molecule has 0 bridgehead atoms. The molecule has 0 aromatic carbocycles. The van der Waals surface area contributed by atoms with E-state index in [2.05, 4.69) is 4.74 Å². The number of hydrogen-bond donors (Lipinski definition) is 3. The van der Waals surface area contributed by atoms with Crippen LogP contribution in [0.4, 0.5) is 26.3 Å². The van der Waals surface area contributed by atoms with E-state index >= 15 is 0 Å². The van der Waals surface area contributed by atoms with Gasteiger partial charge in [-0.1, -0.05) is 6.08 Å². The minimum absolute atomic E-state index is 0.519. The molecule has 144 valence electrons. The van der Waals surface area contributed by atoms with Crippen LogP contribution in [0.2, 0.25) is 0 Å². The van der Waals surface area contributed by atoms with Crippen LogP contribution in [0.15, 0.2) is 24.0 Å².